The number of hydrogen-bond donors (Lipinski definition) is 1. The molecular formula is C14H18F3N5O2. The lowest BCUT2D eigenvalue weighted by atomic mass is 10.2. The van der Waals surface area contributed by atoms with Crippen LogP contribution in [0.25, 0.3) is 0 Å². The van der Waals surface area contributed by atoms with Crippen LogP contribution >= 0.6 is 0 Å². The van der Waals surface area contributed by atoms with E-state index in [1.807, 2.05) is 0 Å². The van der Waals surface area contributed by atoms with E-state index in [0.717, 1.165) is 0 Å². The average Bonchev–Trinajstić information content (AvgIpc) is 2.53. The molecule has 1 aromatic rings. The van der Waals surface area contributed by atoms with E-state index in [0.29, 0.717) is 13.1 Å². The molecule has 1 aliphatic rings. The van der Waals surface area contributed by atoms with E-state index in [9.17, 15) is 22.8 Å². The van der Waals surface area contributed by atoms with Crippen molar-refractivity contribution in [3.05, 3.63) is 18.5 Å². The summed E-state index contributed by atoms with van der Waals surface area (Å²) in [5, 5.41) is 2.57. The minimum atomic E-state index is -4.50. The lowest BCUT2D eigenvalue weighted by molar-refractivity contribution is -0.162. The van der Waals surface area contributed by atoms with Crippen LogP contribution in [0.15, 0.2) is 18.5 Å². The summed E-state index contributed by atoms with van der Waals surface area (Å²) >= 11 is 0. The highest BCUT2D eigenvalue weighted by Crippen LogP contribution is 2.21. The predicted octanol–water partition coefficient (Wildman–Crippen LogP) is 0.900. The summed E-state index contributed by atoms with van der Waals surface area (Å²) in [7, 11) is 0. The molecule has 24 heavy (non-hydrogen) atoms. The summed E-state index contributed by atoms with van der Waals surface area (Å²) in [6, 6.07) is 1.12. The molecule has 1 atom stereocenters. The number of halogens is 3. The van der Waals surface area contributed by atoms with Gasteiger partial charge in [-0.3, -0.25) is 19.8 Å². The zero-order valence-corrected chi connectivity index (χ0v) is 13.1. The zero-order chi connectivity index (χ0) is 17.7. The summed E-state index contributed by atoms with van der Waals surface area (Å²) < 4.78 is 36.8. The van der Waals surface area contributed by atoms with Gasteiger partial charge in [0.2, 0.25) is 17.8 Å². The topological polar surface area (TPSA) is 78.4 Å². The van der Waals surface area contributed by atoms with Gasteiger partial charge in [-0.2, -0.15) is 13.2 Å². The van der Waals surface area contributed by atoms with E-state index in [4.69, 9.17) is 0 Å². The van der Waals surface area contributed by atoms with Crippen molar-refractivity contribution in [1.82, 2.24) is 19.8 Å². The van der Waals surface area contributed by atoms with Gasteiger partial charge in [-0.05, 0) is 13.0 Å². The van der Waals surface area contributed by atoms with Crippen LogP contribution in [0.2, 0.25) is 0 Å². The molecule has 7 nitrogen and oxygen atoms in total. The Morgan fingerprint density at radius 1 is 1.21 bits per heavy atom. The second kappa shape index (κ2) is 7.56. The van der Waals surface area contributed by atoms with Crippen LogP contribution in [0.4, 0.5) is 19.1 Å². The second-order valence-electron chi connectivity index (χ2n) is 5.45. The Morgan fingerprint density at radius 2 is 1.79 bits per heavy atom. The van der Waals surface area contributed by atoms with E-state index < -0.39 is 24.5 Å². The summed E-state index contributed by atoms with van der Waals surface area (Å²) in [5.74, 6) is -1.05. The number of carbonyl (C=O) groups is 2. The molecular weight excluding hydrogens is 327 g/mol. The van der Waals surface area contributed by atoms with E-state index in [1.165, 1.54) is 17.3 Å². The first-order valence-electron chi connectivity index (χ1n) is 7.43. The van der Waals surface area contributed by atoms with E-state index >= 15 is 0 Å². The highest BCUT2D eigenvalue weighted by atomic mass is 19.4. The van der Waals surface area contributed by atoms with Crippen molar-refractivity contribution in [3.8, 4) is 0 Å². The first-order valence-corrected chi connectivity index (χ1v) is 7.43. The van der Waals surface area contributed by atoms with Crippen molar-refractivity contribution in [2.75, 3.05) is 31.5 Å². The van der Waals surface area contributed by atoms with Crippen molar-refractivity contribution in [2.24, 2.45) is 0 Å². The van der Waals surface area contributed by atoms with Gasteiger partial charge in [0.25, 0.3) is 0 Å². The normalized spacial score (nSPS) is 17.4. The van der Waals surface area contributed by atoms with Crippen LogP contribution in [0, 0.1) is 0 Å². The molecule has 2 heterocycles. The van der Waals surface area contributed by atoms with Gasteiger partial charge in [-0.1, -0.05) is 0 Å². The molecule has 1 aliphatic heterocycles. The maximum absolute atomic E-state index is 12.3. The molecule has 1 aromatic heterocycles. The van der Waals surface area contributed by atoms with Crippen LogP contribution in [0.1, 0.15) is 13.3 Å². The number of nitrogens with zero attached hydrogens (tertiary/aromatic N) is 4. The molecule has 2 amide bonds. The second-order valence-corrected chi connectivity index (χ2v) is 5.45. The molecule has 1 fully saturated rings. The number of nitrogens with one attached hydrogen (secondary N) is 1. The maximum Gasteiger partial charge on any atom is 0.397 e. The SMILES string of the molecule is C[C@@H](C(=O)Nc1ncccn1)N1CCN(C(=O)CC(F)(F)F)CC1. The number of carbonyl (C=O) groups excluding carboxylic acids is 2. The summed E-state index contributed by atoms with van der Waals surface area (Å²) in [4.78, 5) is 34.5. The summed E-state index contributed by atoms with van der Waals surface area (Å²) in [6.07, 6.45) is -2.96. The Hall–Kier alpha value is -2.23. The van der Waals surface area contributed by atoms with Crippen molar-refractivity contribution in [3.63, 3.8) is 0 Å². The molecule has 0 unspecified atom stereocenters. The van der Waals surface area contributed by atoms with Gasteiger partial charge < -0.3 is 4.90 Å². The van der Waals surface area contributed by atoms with Crippen molar-refractivity contribution in [1.29, 1.82) is 0 Å². The number of hydrogen-bond acceptors (Lipinski definition) is 5. The molecule has 0 saturated carbocycles. The third-order valence-electron chi connectivity index (χ3n) is 3.75. The Morgan fingerprint density at radius 3 is 2.33 bits per heavy atom. The van der Waals surface area contributed by atoms with Gasteiger partial charge in [-0.25, -0.2) is 9.97 Å². The highest BCUT2D eigenvalue weighted by Gasteiger charge is 2.35. The molecule has 0 radical (unpaired) electrons. The van der Waals surface area contributed by atoms with Crippen LogP contribution in [0.5, 0.6) is 0 Å². The Bertz CT molecular complexity index is 574. The molecule has 1 saturated heterocycles. The van der Waals surface area contributed by atoms with Gasteiger partial charge >= 0.3 is 6.18 Å². The van der Waals surface area contributed by atoms with E-state index in [1.54, 1.807) is 17.9 Å². The molecule has 0 aliphatic carbocycles. The van der Waals surface area contributed by atoms with E-state index in [2.05, 4.69) is 15.3 Å². The Labute approximate surface area is 136 Å². The van der Waals surface area contributed by atoms with Crippen molar-refractivity contribution >= 4 is 17.8 Å². The van der Waals surface area contributed by atoms with E-state index in [-0.39, 0.29) is 24.9 Å². The number of anilines is 1. The first-order chi connectivity index (χ1) is 11.3. The Kier molecular flexibility index (Phi) is 5.71. The quantitative estimate of drug-likeness (QED) is 0.877. The van der Waals surface area contributed by atoms with Crippen LogP contribution in [0.3, 0.4) is 0 Å². The van der Waals surface area contributed by atoms with Gasteiger partial charge in [0.15, 0.2) is 0 Å². The molecule has 2 rings (SSSR count). The van der Waals surface area contributed by atoms with Crippen molar-refractivity contribution < 1.29 is 22.8 Å². The zero-order valence-electron chi connectivity index (χ0n) is 13.1. The van der Waals surface area contributed by atoms with Gasteiger partial charge in [0.1, 0.15) is 6.42 Å². The monoisotopic (exact) mass is 345 g/mol. The van der Waals surface area contributed by atoms with Crippen LogP contribution in [-0.2, 0) is 9.59 Å². The summed E-state index contributed by atoms with van der Waals surface area (Å²) in [6.45, 7) is 2.66. The van der Waals surface area contributed by atoms with Crippen LogP contribution in [-0.4, -0.2) is 70.0 Å². The number of aromatic nitrogens is 2. The Balaban J connectivity index is 1.83. The fraction of sp³-hybridized carbons (Fsp3) is 0.571. The lowest BCUT2D eigenvalue weighted by Crippen LogP contribution is -2.54. The number of piperazine rings is 1. The predicted molar refractivity (Wildman–Crippen MR) is 78.9 cm³/mol. The van der Waals surface area contributed by atoms with Gasteiger partial charge in [0, 0.05) is 38.6 Å². The number of rotatable bonds is 4. The highest BCUT2D eigenvalue weighted by molar-refractivity contribution is 5.93. The minimum Gasteiger partial charge on any atom is -0.340 e. The van der Waals surface area contributed by atoms with Gasteiger partial charge in [0.05, 0.1) is 6.04 Å². The maximum atomic E-state index is 12.3. The summed E-state index contributed by atoms with van der Waals surface area (Å²) in [5.41, 5.74) is 0. The number of alkyl halides is 3. The number of amides is 2. The van der Waals surface area contributed by atoms with Crippen LogP contribution < -0.4 is 5.32 Å². The minimum absolute atomic E-state index is 0.161. The molecule has 0 aromatic carbocycles. The molecule has 132 valence electrons. The van der Waals surface area contributed by atoms with Gasteiger partial charge in [-0.15, -0.1) is 0 Å². The molecule has 10 heteroatoms. The first kappa shape index (κ1) is 18.1. The lowest BCUT2D eigenvalue weighted by Gasteiger charge is -2.37. The third-order valence-corrected chi connectivity index (χ3v) is 3.75. The average molecular weight is 345 g/mol. The molecule has 1 N–H and O–H groups in total. The fourth-order valence-corrected chi connectivity index (χ4v) is 2.39. The fourth-order valence-electron chi connectivity index (χ4n) is 2.39. The molecule has 0 bridgehead atoms. The standard InChI is InChI=1S/C14H18F3N5O2/c1-10(12(24)20-13-18-3-2-4-19-13)21-5-7-22(8-6-21)11(23)9-14(15,16)17/h2-4,10H,5-9H2,1H3,(H,18,19,20,24)/t10-/m0/s1. The largest absolute Gasteiger partial charge is 0.397 e. The smallest absolute Gasteiger partial charge is 0.340 e. The van der Waals surface area contributed by atoms with Crippen molar-refractivity contribution in [2.45, 2.75) is 25.6 Å². The molecule has 0 spiro atoms. The third kappa shape index (κ3) is 5.15.